The number of piperidine rings is 1. The van der Waals surface area contributed by atoms with E-state index in [-0.39, 0.29) is 29.6 Å². The molecule has 1 aromatic carbocycles. The predicted molar refractivity (Wildman–Crippen MR) is 88.5 cm³/mol. The normalized spacial score (nSPS) is 20.9. The monoisotopic (exact) mass is 350 g/mol. The lowest BCUT2D eigenvalue weighted by Gasteiger charge is -2.42. The first-order valence-corrected chi connectivity index (χ1v) is 7.41. The second-order valence-electron chi connectivity index (χ2n) is 6.46. The third kappa shape index (κ3) is 5.19. The molecule has 4 nitrogen and oxygen atoms in total. The summed E-state index contributed by atoms with van der Waals surface area (Å²) >= 11 is 0. The van der Waals surface area contributed by atoms with E-state index in [9.17, 15) is 8.78 Å². The van der Waals surface area contributed by atoms with Gasteiger partial charge in [0.25, 0.3) is 0 Å². The molecule has 1 saturated heterocycles. The van der Waals surface area contributed by atoms with Crippen molar-refractivity contribution in [2.75, 3.05) is 20.2 Å². The molecule has 23 heavy (non-hydrogen) atoms. The van der Waals surface area contributed by atoms with Gasteiger partial charge in [-0.2, -0.15) is 8.78 Å². The Morgan fingerprint density at radius 3 is 2.61 bits per heavy atom. The highest BCUT2D eigenvalue weighted by Gasteiger charge is 2.33. The number of hydrogen-bond acceptors (Lipinski definition) is 4. The van der Waals surface area contributed by atoms with E-state index < -0.39 is 6.61 Å². The van der Waals surface area contributed by atoms with Gasteiger partial charge in [0.05, 0.1) is 7.11 Å². The molecular formula is C16H25ClF2N2O2. The Hall–Kier alpha value is -1.11. The largest absolute Gasteiger partial charge is 0.493 e. The number of likely N-dealkylation sites (tertiary alicyclic amines) is 1. The lowest BCUT2D eigenvalue weighted by molar-refractivity contribution is -0.0512. The summed E-state index contributed by atoms with van der Waals surface area (Å²) in [5, 5.41) is 0. The van der Waals surface area contributed by atoms with Crippen LogP contribution in [0.5, 0.6) is 11.5 Å². The third-order valence-electron chi connectivity index (χ3n) is 4.24. The van der Waals surface area contributed by atoms with Crippen LogP contribution >= 0.6 is 12.4 Å². The SMILES string of the molecule is COc1cc(CN2CCC(N)C(C)(C)C2)ccc1OC(F)F.Cl. The third-order valence-corrected chi connectivity index (χ3v) is 4.24. The Morgan fingerprint density at radius 1 is 1.35 bits per heavy atom. The van der Waals surface area contributed by atoms with Crippen molar-refractivity contribution in [2.24, 2.45) is 11.1 Å². The van der Waals surface area contributed by atoms with Crippen molar-refractivity contribution in [1.29, 1.82) is 0 Å². The van der Waals surface area contributed by atoms with Crippen LogP contribution < -0.4 is 15.2 Å². The number of alkyl halides is 2. The first kappa shape index (κ1) is 19.9. The van der Waals surface area contributed by atoms with E-state index in [1.807, 2.05) is 0 Å². The second-order valence-corrected chi connectivity index (χ2v) is 6.46. The van der Waals surface area contributed by atoms with Crippen molar-refractivity contribution in [3.63, 3.8) is 0 Å². The fraction of sp³-hybridized carbons (Fsp3) is 0.625. The lowest BCUT2D eigenvalue weighted by atomic mass is 9.79. The van der Waals surface area contributed by atoms with Crippen LogP contribution in [0.4, 0.5) is 8.78 Å². The van der Waals surface area contributed by atoms with E-state index in [4.69, 9.17) is 10.5 Å². The van der Waals surface area contributed by atoms with Crippen LogP contribution in [-0.2, 0) is 6.54 Å². The van der Waals surface area contributed by atoms with Gasteiger partial charge >= 0.3 is 6.61 Å². The van der Waals surface area contributed by atoms with E-state index in [0.717, 1.165) is 31.6 Å². The minimum Gasteiger partial charge on any atom is -0.493 e. The first-order chi connectivity index (χ1) is 10.3. The molecule has 1 atom stereocenters. The van der Waals surface area contributed by atoms with Gasteiger partial charge in [-0.15, -0.1) is 12.4 Å². The summed E-state index contributed by atoms with van der Waals surface area (Å²) < 4.78 is 34.2. The molecule has 0 bridgehead atoms. The molecule has 1 unspecified atom stereocenters. The minimum atomic E-state index is -2.86. The van der Waals surface area contributed by atoms with Crippen LogP contribution in [0.2, 0.25) is 0 Å². The number of benzene rings is 1. The maximum absolute atomic E-state index is 12.3. The Labute approximate surface area is 142 Å². The lowest BCUT2D eigenvalue weighted by Crippen LogP contribution is -2.52. The number of halogens is 3. The van der Waals surface area contributed by atoms with Crippen molar-refractivity contribution < 1.29 is 18.3 Å². The fourth-order valence-corrected chi connectivity index (χ4v) is 2.88. The highest BCUT2D eigenvalue weighted by Crippen LogP contribution is 2.32. The molecule has 1 heterocycles. The van der Waals surface area contributed by atoms with Gasteiger partial charge < -0.3 is 15.2 Å². The molecule has 1 aliphatic rings. The summed E-state index contributed by atoms with van der Waals surface area (Å²) in [6, 6.07) is 5.28. The zero-order valence-corrected chi connectivity index (χ0v) is 14.5. The molecule has 132 valence electrons. The summed E-state index contributed by atoms with van der Waals surface area (Å²) in [7, 11) is 1.44. The van der Waals surface area contributed by atoms with E-state index in [1.54, 1.807) is 12.1 Å². The number of nitrogens with zero attached hydrogens (tertiary/aromatic N) is 1. The Kier molecular flexibility index (Phi) is 7.04. The number of nitrogens with two attached hydrogens (primary N) is 1. The molecule has 0 saturated carbocycles. The van der Waals surface area contributed by atoms with Crippen molar-refractivity contribution >= 4 is 12.4 Å². The maximum atomic E-state index is 12.3. The van der Waals surface area contributed by atoms with Crippen molar-refractivity contribution in [2.45, 2.75) is 39.5 Å². The van der Waals surface area contributed by atoms with Crippen LogP contribution in [0, 0.1) is 5.41 Å². The van der Waals surface area contributed by atoms with E-state index in [1.165, 1.54) is 13.2 Å². The molecule has 2 N–H and O–H groups in total. The maximum Gasteiger partial charge on any atom is 0.387 e. The van der Waals surface area contributed by atoms with E-state index in [0.29, 0.717) is 5.75 Å². The van der Waals surface area contributed by atoms with Gasteiger partial charge in [-0.05, 0) is 29.5 Å². The van der Waals surface area contributed by atoms with Crippen LogP contribution in [0.25, 0.3) is 0 Å². The number of methoxy groups -OCH3 is 1. The van der Waals surface area contributed by atoms with Crippen LogP contribution in [0.1, 0.15) is 25.8 Å². The smallest absolute Gasteiger partial charge is 0.387 e. The van der Waals surface area contributed by atoms with Gasteiger partial charge in [0, 0.05) is 25.7 Å². The van der Waals surface area contributed by atoms with Crippen molar-refractivity contribution in [1.82, 2.24) is 4.90 Å². The highest BCUT2D eigenvalue weighted by molar-refractivity contribution is 5.85. The van der Waals surface area contributed by atoms with Gasteiger partial charge in [-0.25, -0.2) is 0 Å². The van der Waals surface area contributed by atoms with Gasteiger partial charge in [0.15, 0.2) is 11.5 Å². The summed E-state index contributed by atoms with van der Waals surface area (Å²) in [6.07, 6.45) is 0.955. The average Bonchev–Trinajstić information content (AvgIpc) is 2.43. The van der Waals surface area contributed by atoms with Gasteiger partial charge in [-0.3, -0.25) is 4.90 Å². The molecule has 0 amide bonds. The van der Waals surface area contributed by atoms with Crippen LogP contribution in [0.3, 0.4) is 0 Å². The van der Waals surface area contributed by atoms with Crippen LogP contribution in [0.15, 0.2) is 18.2 Å². The van der Waals surface area contributed by atoms with Gasteiger partial charge in [-0.1, -0.05) is 19.9 Å². The average molecular weight is 351 g/mol. The Bertz CT molecular complexity index is 515. The zero-order chi connectivity index (χ0) is 16.3. The standard InChI is InChI=1S/C16H24F2N2O2.ClH/c1-16(2)10-20(7-6-14(16)19)9-11-4-5-12(22-15(17)18)13(8-11)21-3;/h4-5,8,14-15H,6-7,9-10,19H2,1-3H3;1H. The van der Waals surface area contributed by atoms with Gasteiger partial charge in [0.2, 0.25) is 0 Å². The molecule has 2 rings (SSSR count). The molecular weight excluding hydrogens is 326 g/mol. The molecule has 0 aliphatic carbocycles. The number of ether oxygens (including phenoxy) is 2. The van der Waals surface area contributed by atoms with Crippen LogP contribution in [-0.4, -0.2) is 37.8 Å². The van der Waals surface area contributed by atoms with Crippen molar-refractivity contribution in [3.05, 3.63) is 23.8 Å². The number of rotatable bonds is 5. The second kappa shape index (κ2) is 8.13. The fourth-order valence-electron chi connectivity index (χ4n) is 2.88. The van der Waals surface area contributed by atoms with Gasteiger partial charge in [0.1, 0.15) is 0 Å². The summed E-state index contributed by atoms with van der Waals surface area (Å²) in [5.41, 5.74) is 7.22. The number of hydrogen-bond donors (Lipinski definition) is 1. The molecule has 0 spiro atoms. The molecule has 7 heteroatoms. The highest BCUT2D eigenvalue weighted by atomic mass is 35.5. The molecule has 0 aromatic heterocycles. The molecule has 1 aliphatic heterocycles. The molecule has 1 aromatic rings. The molecule has 0 radical (unpaired) electrons. The topological polar surface area (TPSA) is 47.7 Å². The van der Waals surface area contributed by atoms with Crippen molar-refractivity contribution in [3.8, 4) is 11.5 Å². The Balaban J connectivity index is 0.00000264. The quantitative estimate of drug-likeness (QED) is 0.885. The molecule has 1 fully saturated rings. The summed E-state index contributed by atoms with van der Waals surface area (Å²) in [6.45, 7) is 4.06. The first-order valence-electron chi connectivity index (χ1n) is 7.41. The summed E-state index contributed by atoms with van der Waals surface area (Å²) in [5.74, 6) is 0.382. The zero-order valence-electron chi connectivity index (χ0n) is 13.7. The Morgan fingerprint density at radius 2 is 2.04 bits per heavy atom. The predicted octanol–water partition coefficient (Wildman–Crippen LogP) is 3.28. The summed E-state index contributed by atoms with van der Waals surface area (Å²) in [4.78, 5) is 2.33. The van der Waals surface area contributed by atoms with E-state index >= 15 is 0 Å². The van der Waals surface area contributed by atoms with E-state index in [2.05, 4.69) is 23.5 Å². The minimum absolute atomic E-state index is 0.